The lowest BCUT2D eigenvalue weighted by Crippen LogP contribution is -2.41. The molecule has 564 valence electrons. The minimum absolute atomic E-state index is 0.0101. The van der Waals surface area contributed by atoms with E-state index < -0.39 is 105 Å². The Morgan fingerprint density at radius 2 is 0.730 bits per heavy atom. The Bertz CT molecular complexity index is 2990. The van der Waals surface area contributed by atoms with Crippen LogP contribution in [0.5, 0.6) is 0 Å². The van der Waals surface area contributed by atoms with Crippen molar-refractivity contribution in [2.75, 3.05) is 137 Å². The maximum Gasteiger partial charge on any atom is 0.407 e. The molecule has 0 aliphatic heterocycles. The first-order valence-corrected chi connectivity index (χ1v) is 36.5. The lowest BCUT2D eigenvalue weighted by atomic mass is 9.76. The first-order valence-electron chi connectivity index (χ1n) is 34.6. The summed E-state index contributed by atoms with van der Waals surface area (Å²) in [5, 5.41) is 57.3. The second-order valence-electron chi connectivity index (χ2n) is 25.5. The molecule has 0 bridgehead atoms. The van der Waals surface area contributed by atoms with Crippen molar-refractivity contribution in [2.24, 2.45) is 41.4 Å². The summed E-state index contributed by atoms with van der Waals surface area (Å²) in [6, 6.07) is 11.9. The molecule has 0 heterocycles. The number of hydrogen-bond acceptors (Lipinski definition) is 19. The van der Waals surface area contributed by atoms with E-state index in [-0.39, 0.29) is 186 Å². The standard InChI is InChI=1S/C70H110N6O23S/c1-8-100(91,92)36-35-99-70(90)76-22-28-98-34-33-96-26-20-74-64(80)60(37-46(2)63(79)73-19-25-95-31-29-93-23-17-71-50(6)77)44-61(65(81)75-21-27-97-32-30-94-24-18-72-51(7)78)45-62(69(88)89)43-59(40-49(5)68(86)87)57-16-12-53-9-13-54-41-56(15-11-52(54)10-14-55(53)42-57)58(38-47(3)66(82)83)39-48(4)67(84)85/h11-12,15-16,41-42,46-49,58-62H,8-10,13-14,17-40,43-45H2,1-7H3,(H,71,77)(H,72,78)(H,73,79)(H,74,80)(H,75,81)(H,76,90)(H,82,83)(H,84,85)(H,86,87)(H,88,89). The van der Waals surface area contributed by atoms with Crippen LogP contribution >= 0.6 is 0 Å². The average molecular weight is 1440 g/mol. The topological polar surface area (TPSA) is 423 Å². The summed E-state index contributed by atoms with van der Waals surface area (Å²) in [4.78, 5) is 127. The normalized spacial score (nSPS) is 14.8. The molecule has 100 heavy (non-hydrogen) atoms. The molecule has 8 unspecified atom stereocenters. The number of benzene rings is 2. The zero-order valence-electron chi connectivity index (χ0n) is 59.2. The second-order valence-corrected chi connectivity index (χ2v) is 27.9. The summed E-state index contributed by atoms with van der Waals surface area (Å²) in [5.74, 6) is -14.1. The number of rotatable bonds is 54. The molecule has 0 radical (unpaired) electrons. The minimum atomic E-state index is -3.31. The second kappa shape index (κ2) is 48.5. The van der Waals surface area contributed by atoms with Crippen LogP contribution in [0.4, 0.5) is 4.79 Å². The van der Waals surface area contributed by atoms with E-state index in [0.717, 1.165) is 27.8 Å². The van der Waals surface area contributed by atoms with Gasteiger partial charge >= 0.3 is 30.0 Å². The summed E-state index contributed by atoms with van der Waals surface area (Å²) >= 11 is 0. The highest BCUT2D eigenvalue weighted by Gasteiger charge is 2.36. The van der Waals surface area contributed by atoms with Gasteiger partial charge in [-0.15, -0.1) is 0 Å². The molecule has 0 saturated heterocycles. The summed E-state index contributed by atoms with van der Waals surface area (Å²) in [6.07, 6.45) is 1.54. The van der Waals surface area contributed by atoms with E-state index in [0.29, 0.717) is 44.3 Å². The molecule has 1 aliphatic carbocycles. The molecule has 1 aliphatic rings. The first-order chi connectivity index (χ1) is 47.6. The summed E-state index contributed by atoms with van der Waals surface area (Å²) < 4.78 is 61.7. The van der Waals surface area contributed by atoms with Gasteiger partial charge in [-0.25, -0.2) is 13.2 Å². The maximum atomic E-state index is 14.7. The lowest BCUT2D eigenvalue weighted by Gasteiger charge is -2.29. The molecular weight excluding hydrogens is 1320 g/mol. The van der Waals surface area contributed by atoms with Crippen molar-refractivity contribution in [3.8, 4) is 0 Å². The number of sulfone groups is 1. The summed E-state index contributed by atoms with van der Waals surface area (Å²) in [5.41, 5.74) is 5.77. The van der Waals surface area contributed by atoms with Crippen molar-refractivity contribution in [3.63, 3.8) is 0 Å². The van der Waals surface area contributed by atoms with E-state index in [1.807, 2.05) is 30.3 Å². The number of carboxylic acid groups (broad SMARTS) is 4. The van der Waals surface area contributed by atoms with Gasteiger partial charge in [-0.2, -0.15) is 0 Å². The highest BCUT2D eigenvalue weighted by Crippen LogP contribution is 2.38. The van der Waals surface area contributed by atoms with Gasteiger partial charge in [0.1, 0.15) is 6.61 Å². The van der Waals surface area contributed by atoms with Crippen LogP contribution in [0.15, 0.2) is 36.4 Å². The number of carboxylic acids is 4. The zero-order valence-corrected chi connectivity index (χ0v) is 60.1. The Morgan fingerprint density at radius 3 is 1.10 bits per heavy atom. The number of ether oxygens (including phenoxy) is 7. The number of fused-ring (bicyclic) bond motifs is 2. The molecular formula is C70H110N6O23S. The van der Waals surface area contributed by atoms with Gasteiger partial charge in [-0.1, -0.05) is 71.0 Å². The fraction of sp³-hybridized carbons (Fsp3) is 0.686. The van der Waals surface area contributed by atoms with Gasteiger partial charge < -0.3 is 85.5 Å². The molecule has 2 aromatic carbocycles. The van der Waals surface area contributed by atoms with E-state index in [1.165, 1.54) is 20.8 Å². The number of aliphatic carboxylic acids is 4. The van der Waals surface area contributed by atoms with Gasteiger partial charge in [0, 0.05) is 76.6 Å². The van der Waals surface area contributed by atoms with Crippen LogP contribution in [0, 0.1) is 41.4 Å². The van der Waals surface area contributed by atoms with Crippen LogP contribution < -0.4 is 31.9 Å². The van der Waals surface area contributed by atoms with Crippen LogP contribution in [0.1, 0.15) is 139 Å². The van der Waals surface area contributed by atoms with Crippen molar-refractivity contribution >= 4 is 69.3 Å². The highest BCUT2D eigenvalue weighted by molar-refractivity contribution is 7.91. The largest absolute Gasteiger partial charge is 0.481 e. The van der Waals surface area contributed by atoms with Gasteiger partial charge in [0.05, 0.1) is 109 Å². The van der Waals surface area contributed by atoms with Crippen molar-refractivity contribution in [1.82, 2.24) is 31.9 Å². The molecule has 29 nitrogen and oxygen atoms in total. The number of carbonyl (C=O) groups is 10. The third-order valence-corrected chi connectivity index (χ3v) is 19.0. The molecule has 0 saturated carbocycles. The lowest BCUT2D eigenvalue weighted by molar-refractivity contribution is -0.144. The van der Waals surface area contributed by atoms with Crippen LogP contribution in [-0.2, 0) is 112 Å². The van der Waals surface area contributed by atoms with Crippen LogP contribution in [0.2, 0.25) is 0 Å². The Labute approximate surface area is 587 Å². The molecule has 10 N–H and O–H groups in total. The molecule has 6 amide bonds. The molecule has 8 atom stereocenters. The average Bonchev–Trinajstić information content (AvgIpc) is 0.808. The number of hydrogen-bond donors (Lipinski definition) is 10. The third-order valence-electron chi connectivity index (χ3n) is 17.4. The molecule has 30 heteroatoms. The molecule has 0 aromatic heterocycles. The predicted octanol–water partition coefficient (Wildman–Crippen LogP) is 4.08. The van der Waals surface area contributed by atoms with Crippen LogP contribution in [0.25, 0.3) is 0 Å². The van der Waals surface area contributed by atoms with E-state index in [1.54, 1.807) is 27.7 Å². The first kappa shape index (κ1) is 86.9. The predicted molar refractivity (Wildman–Crippen MR) is 368 cm³/mol. The molecule has 0 spiro atoms. The van der Waals surface area contributed by atoms with Gasteiger partial charge in [0.25, 0.3) is 0 Å². The zero-order chi connectivity index (χ0) is 74.0. The highest BCUT2D eigenvalue weighted by atomic mass is 32.2. The Hall–Kier alpha value is -7.35. The fourth-order valence-electron chi connectivity index (χ4n) is 11.5. The van der Waals surface area contributed by atoms with Crippen molar-refractivity contribution in [1.29, 1.82) is 0 Å². The van der Waals surface area contributed by atoms with Gasteiger partial charge in [0.15, 0.2) is 9.84 Å². The Balaban J connectivity index is 1.92. The molecule has 3 rings (SSSR count). The van der Waals surface area contributed by atoms with Crippen molar-refractivity contribution in [3.05, 3.63) is 69.8 Å². The van der Waals surface area contributed by atoms with Crippen molar-refractivity contribution < 1.29 is 110 Å². The van der Waals surface area contributed by atoms with Gasteiger partial charge in [-0.3, -0.25) is 43.2 Å². The Morgan fingerprint density at radius 1 is 0.390 bits per heavy atom. The van der Waals surface area contributed by atoms with E-state index in [9.17, 15) is 76.8 Å². The number of nitrogens with one attached hydrogen (secondary N) is 6. The molecule has 0 fully saturated rings. The SMILES string of the molecule is CCS(=O)(=O)CCOC(=O)NCCOCCOCCNC(=O)C(CC(C)C(=O)NCCOCCOCCNC(C)=O)CC(CC(CC(CC(C)C(=O)O)c1ccc2c(c1)CCc1ccc(C(CC(C)C(=O)O)CC(C)C(=O)O)cc1CC2)C(=O)O)C(=O)NCCOCCOCCNC(C)=O. The van der Waals surface area contributed by atoms with Crippen molar-refractivity contribution in [2.45, 2.75) is 131 Å². The fourth-order valence-corrected chi connectivity index (χ4v) is 12.2. The number of alkyl carbamates (subject to hydrolysis) is 1. The Kier molecular flexibility index (Phi) is 42.1. The van der Waals surface area contributed by atoms with E-state index in [4.69, 9.17) is 33.2 Å². The minimum Gasteiger partial charge on any atom is -0.481 e. The smallest absolute Gasteiger partial charge is 0.407 e. The third kappa shape index (κ3) is 36.3. The van der Waals surface area contributed by atoms with E-state index >= 15 is 0 Å². The number of carbonyl (C=O) groups excluding carboxylic acids is 6. The quantitative estimate of drug-likeness (QED) is 0.0417. The van der Waals surface area contributed by atoms with Crippen LogP contribution in [-0.4, -0.2) is 225 Å². The van der Waals surface area contributed by atoms with Gasteiger partial charge in [-0.05, 0) is 116 Å². The number of amides is 6. The van der Waals surface area contributed by atoms with Crippen LogP contribution in [0.3, 0.4) is 0 Å². The maximum absolute atomic E-state index is 14.7. The molecule has 2 aromatic rings. The van der Waals surface area contributed by atoms with E-state index in [2.05, 4.69) is 38.0 Å². The summed E-state index contributed by atoms with van der Waals surface area (Å²) in [6.45, 7) is 13.0. The van der Waals surface area contributed by atoms with Gasteiger partial charge in [0.2, 0.25) is 29.5 Å². The summed E-state index contributed by atoms with van der Waals surface area (Å²) in [7, 11) is -3.31. The monoisotopic (exact) mass is 1430 g/mol. The number of aryl methyl sites for hydroxylation is 4.